The van der Waals surface area contributed by atoms with Crippen LogP contribution in [-0.2, 0) is 4.79 Å². The van der Waals surface area contributed by atoms with E-state index in [-0.39, 0.29) is 13.1 Å². The SMILES string of the molecule is CC(=O)N(O)C[C@@H](CNC(=O)O)c1ccc(Oc2ccc(Cl)cc2)cc1. The summed E-state index contributed by atoms with van der Waals surface area (Å²) in [6.45, 7) is 1.24. The number of carbonyl (C=O) groups is 2. The predicted molar refractivity (Wildman–Crippen MR) is 95.9 cm³/mol. The fourth-order valence-corrected chi connectivity index (χ4v) is 2.41. The van der Waals surface area contributed by atoms with Gasteiger partial charge in [-0.25, -0.2) is 9.86 Å². The molecule has 0 fully saturated rings. The fourth-order valence-electron chi connectivity index (χ4n) is 2.28. The molecule has 0 aliphatic carbocycles. The number of hydrogen-bond acceptors (Lipinski definition) is 4. The molecule has 7 nitrogen and oxygen atoms in total. The molecule has 8 heteroatoms. The first-order valence-corrected chi connectivity index (χ1v) is 8.20. The Balaban J connectivity index is 2.10. The third-order valence-electron chi connectivity index (χ3n) is 3.66. The van der Waals surface area contributed by atoms with Crippen LogP contribution in [0.1, 0.15) is 18.4 Å². The second-order valence-electron chi connectivity index (χ2n) is 5.61. The Morgan fingerprint density at radius 3 is 2.15 bits per heavy atom. The first-order chi connectivity index (χ1) is 12.3. The quantitative estimate of drug-likeness (QED) is 0.503. The van der Waals surface area contributed by atoms with Gasteiger partial charge in [-0.15, -0.1) is 0 Å². The number of benzene rings is 2. The van der Waals surface area contributed by atoms with Crippen LogP contribution in [0.4, 0.5) is 4.79 Å². The van der Waals surface area contributed by atoms with Gasteiger partial charge in [0, 0.05) is 24.4 Å². The molecule has 0 spiro atoms. The zero-order valence-corrected chi connectivity index (χ0v) is 14.8. The number of halogens is 1. The van der Waals surface area contributed by atoms with Crippen molar-refractivity contribution in [2.75, 3.05) is 13.1 Å². The number of ether oxygens (including phenoxy) is 1. The molecular weight excluding hydrogens is 360 g/mol. The van der Waals surface area contributed by atoms with Crippen molar-refractivity contribution in [3.63, 3.8) is 0 Å². The number of amides is 2. The van der Waals surface area contributed by atoms with Gasteiger partial charge < -0.3 is 15.2 Å². The van der Waals surface area contributed by atoms with E-state index in [0.29, 0.717) is 21.6 Å². The van der Waals surface area contributed by atoms with E-state index in [2.05, 4.69) is 5.32 Å². The minimum absolute atomic E-state index is 0.0347. The average Bonchev–Trinajstić information content (AvgIpc) is 2.61. The van der Waals surface area contributed by atoms with Crippen LogP contribution in [0.5, 0.6) is 11.5 Å². The summed E-state index contributed by atoms with van der Waals surface area (Å²) in [5, 5.41) is 21.9. The fraction of sp³-hybridized carbons (Fsp3) is 0.222. The molecule has 0 aliphatic rings. The molecule has 0 unspecified atom stereocenters. The number of hydroxylamine groups is 2. The van der Waals surface area contributed by atoms with E-state index >= 15 is 0 Å². The van der Waals surface area contributed by atoms with E-state index in [9.17, 15) is 14.8 Å². The van der Waals surface area contributed by atoms with Crippen LogP contribution in [-0.4, -0.2) is 40.5 Å². The molecule has 2 aromatic rings. The number of nitrogens with one attached hydrogen (secondary N) is 1. The molecule has 0 aliphatic heterocycles. The highest BCUT2D eigenvalue weighted by Crippen LogP contribution is 2.25. The summed E-state index contributed by atoms with van der Waals surface area (Å²) < 4.78 is 5.70. The van der Waals surface area contributed by atoms with E-state index in [0.717, 1.165) is 5.56 Å². The van der Waals surface area contributed by atoms with Crippen LogP contribution in [0, 0.1) is 0 Å². The van der Waals surface area contributed by atoms with Crippen molar-refractivity contribution in [1.29, 1.82) is 0 Å². The van der Waals surface area contributed by atoms with Crippen LogP contribution in [0.3, 0.4) is 0 Å². The van der Waals surface area contributed by atoms with E-state index in [1.807, 2.05) is 0 Å². The Morgan fingerprint density at radius 1 is 1.12 bits per heavy atom. The van der Waals surface area contributed by atoms with Gasteiger partial charge in [0.25, 0.3) is 0 Å². The van der Waals surface area contributed by atoms with E-state index in [4.69, 9.17) is 21.4 Å². The third kappa shape index (κ3) is 5.94. The van der Waals surface area contributed by atoms with E-state index < -0.39 is 17.9 Å². The molecule has 0 heterocycles. The molecule has 2 amide bonds. The number of carboxylic acid groups (broad SMARTS) is 1. The normalized spacial score (nSPS) is 11.5. The second-order valence-corrected chi connectivity index (χ2v) is 6.05. The molecule has 138 valence electrons. The van der Waals surface area contributed by atoms with Gasteiger partial charge in [0.15, 0.2) is 0 Å². The monoisotopic (exact) mass is 378 g/mol. The van der Waals surface area contributed by atoms with Crippen LogP contribution in [0.15, 0.2) is 48.5 Å². The van der Waals surface area contributed by atoms with Gasteiger partial charge in [0.1, 0.15) is 11.5 Å². The summed E-state index contributed by atoms with van der Waals surface area (Å²) in [4.78, 5) is 22.0. The zero-order chi connectivity index (χ0) is 19.1. The van der Waals surface area contributed by atoms with Crippen molar-refractivity contribution in [3.05, 3.63) is 59.1 Å². The third-order valence-corrected chi connectivity index (χ3v) is 3.91. The van der Waals surface area contributed by atoms with Gasteiger partial charge in [-0.1, -0.05) is 23.7 Å². The topological polar surface area (TPSA) is 99.1 Å². The lowest BCUT2D eigenvalue weighted by atomic mass is 9.98. The van der Waals surface area contributed by atoms with Gasteiger partial charge in [0.05, 0.1) is 6.54 Å². The Morgan fingerprint density at radius 2 is 1.65 bits per heavy atom. The van der Waals surface area contributed by atoms with Gasteiger partial charge in [-0.2, -0.15) is 0 Å². The van der Waals surface area contributed by atoms with Gasteiger partial charge >= 0.3 is 6.09 Å². The number of nitrogens with zero attached hydrogens (tertiary/aromatic N) is 1. The number of hydrogen-bond donors (Lipinski definition) is 3. The molecule has 3 N–H and O–H groups in total. The van der Waals surface area contributed by atoms with E-state index in [1.54, 1.807) is 48.5 Å². The lowest BCUT2D eigenvalue weighted by molar-refractivity contribution is -0.163. The minimum atomic E-state index is -1.18. The van der Waals surface area contributed by atoms with Gasteiger partial charge in [-0.05, 0) is 42.0 Å². The van der Waals surface area contributed by atoms with Gasteiger partial charge in [0.2, 0.25) is 5.91 Å². The first-order valence-electron chi connectivity index (χ1n) is 7.82. The summed E-state index contributed by atoms with van der Waals surface area (Å²) in [6.07, 6.45) is -1.18. The van der Waals surface area contributed by atoms with Crippen molar-refractivity contribution in [2.24, 2.45) is 0 Å². The summed E-state index contributed by atoms with van der Waals surface area (Å²) in [5.41, 5.74) is 0.752. The lowest BCUT2D eigenvalue weighted by Gasteiger charge is -2.22. The highest BCUT2D eigenvalue weighted by atomic mass is 35.5. The molecule has 1 atom stereocenters. The van der Waals surface area contributed by atoms with Crippen LogP contribution in [0.25, 0.3) is 0 Å². The molecule has 0 saturated carbocycles. The van der Waals surface area contributed by atoms with Crippen molar-refractivity contribution < 1.29 is 24.6 Å². The second kappa shape index (κ2) is 9.07. The summed E-state index contributed by atoms with van der Waals surface area (Å²) >= 11 is 5.83. The smallest absolute Gasteiger partial charge is 0.404 e. The van der Waals surface area contributed by atoms with Crippen LogP contribution in [0.2, 0.25) is 5.02 Å². The maximum Gasteiger partial charge on any atom is 0.404 e. The van der Waals surface area contributed by atoms with E-state index in [1.165, 1.54) is 6.92 Å². The molecule has 0 radical (unpaired) electrons. The maximum absolute atomic E-state index is 11.2. The first kappa shape index (κ1) is 19.6. The summed E-state index contributed by atoms with van der Waals surface area (Å²) in [7, 11) is 0. The largest absolute Gasteiger partial charge is 0.465 e. The Labute approximate surface area is 155 Å². The van der Waals surface area contributed by atoms with Crippen LogP contribution < -0.4 is 10.1 Å². The van der Waals surface area contributed by atoms with Crippen molar-refractivity contribution in [1.82, 2.24) is 10.4 Å². The van der Waals surface area contributed by atoms with Gasteiger partial charge in [-0.3, -0.25) is 10.0 Å². The highest BCUT2D eigenvalue weighted by molar-refractivity contribution is 6.30. The zero-order valence-electron chi connectivity index (χ0n) is 14.1. The molecule has 2 aromatic carbocycles. The average molecular weight is 379 g/mol. The highest BCUT2D eigenvalue weighted by Gasteiger charge is 2.18. The lowest BCUT2D eigenvalue weighted by Crippen LogP contribution is -2.35. The predicted octanol–water partition coefficient (Wildman–Crippen LogP) is 3.72. The number of carbonyl (C=O) groups excluding carboxylic acids is 1. The Bertz CT molecular complexity index is 749. The van der Waals surface area contributed by atoms with Crippen molar-refractivity contribution >= 4 is 23.6 Å². The molecule has 0 aromatic heterocycles. The Hall–Kier alpha value is -2.77. The standard InChI is InChI=1S/C18H19ClN2O5/c1-12(22)21(25)11-14(10-20-18(23)24)13-2-6-16(7-3-13)26-17-8-4-15(19)5-9-17/h2-9,14,20,25H,10-11H2,1H3,(H,23,24)/t14-/m1/s1. The van der Waals surface area contributed by atoms with Crippen molar-refractivity contribution in [2.45, 2.75) is 12.8 Å². The molecule has 26 heavy (non-hydrogen) atoms. The molecule has 2 rings (SSSR count). The Kier molecular flexibility index (Phi) is 6.82. The summed E-state index contributed by atoms with van der Waals surface area (Å²) in [5.74, 6) is 0.287. The molecule has 0 saturated heterocycles. The van der Waals surface area contributed by atoms with Crippen LogP contribution >= 0.6 is 11.6 Å². The van der Waals surface area contributed by atoms with Crippen molar-refractivity contribution in [3.8, 4) is 11.5 Å². The number of rotatable bonds is 7. The molecule has 0 bridgehead atoms. The minimum Gasteiger partial charge on any atom is -0.465 e. The summed E-state index contributed by atoms with van der Waals surface area (Å²) in [6, 6.07) is 13.9. The maximum atomic E-state index is 11.2. The molecular formula is C18H19ClN2O5.